The van der Waals surface area contributed by atoms with Gasteiger partial charge in [0, 0.05) is 12.3 Å². The van der Waals surface area contributed by atoms with Gasteiger partial charge in [-0.15, -0.1) is 0 Å². The van der Waals surface area contributed by atoms with E-state index in [0.29, 0.717) is 5.01 Å². The Morgan fingerprint density at radius 2 is 2.03 bits per heavy atom. The second-order valence-corrected chi connectivity index (χ2v) is 8.42. The molecule has 14 heteroatoms. The molecule has 1 atom stereocenters. The Bertz CT molecular complexity index is 1120. The number of hydrogen-bond acceptors (Lipinski definition) is 12. The summed E-state index contributed by atoms with van der Waals surface area (Å²) >= 11 is 0. The van der Waals surface area contributed by atoms with Crippen LogP contribution in [-0.4, -0.2) is 55.0 Å². The van der Waals surface area contributed by atoms with Gasteiger partial charge in [0.25, 0.3) is 5.88 Å². The summed E-state index contributed by atoms with van der Waals surface area (Å²) in [5.74, 6) is 4.31. The molecule has 1 unspecified atom stereocenters. The van der Waals surface area contributed by atoms with Gasteiger partial charge in [-0.05, 0) is 26.0 Å². The van der Waals surface area contributed by atoms with Gasteiger partial charge in [0.1, 0.15) is 5.71 Å². The molecule has 32 heavy (non-hydrogen) atoms. The van der Waals surface area contributed by atoms with Crippen LogP contribution in [-0.2, 0) is 19.4 Å². The zero-order chi connectivity index (χ0) is 24.1. The zero-order valence-electron chi connectivity index (χ0n) is 17.5. The summed E-state index contributed by atoms with van der Waals surface area (Å²) in [6.07, 6.45) is 0.132. The fourth-order valence-corrected chi connectivity index (χ4v) is 3.53. The molecule has 0 saturated heterocycles. The van der Waals surface area contributed by atoms with Gasteiger partial charge in [0.05, 0.1) is 36.2 Å². The van der Waals surface area contributed by atoms with Crippen LogP contribution in [0, 0.1) is 21.4 Å². The van der Waals surface area contributed by atoms with Crippen LogP contribution in [0.5, 0.6) is 11.5 Å². The number of allylic oxidation sites excluding steroid dienone is 1. The summed E-state index contributed by atoms with van der Waals surface area (Å²) in [5, 5.41) is 21.5. The van der Waals surface area contributed by atoms with E-state index in [1.165, 1.54) is 25.1 Å². The van der Waals surface area contributed by atoms with E-state index in [9.17, 15) is 23.3 Å². The maximum Gasteiger partial charge on any atom is 0.352 e. The van der Waals surface area contributed by atoms with Gasteiger partial charge in [-0.2, -0.15) is 5.26 Å². The number of nitrogens with zero attached hydrogens (tertiary/aromatic N) is 4. The summed E-state index contributed by atoms with van der Waals surface area (Å²) in [7, 11) is -4.02. The van der Waals surface area contributed by atoms with Crippen LogP contribution in [0.25, 0.3) is 0 Å². The Hall–Kier alpha value is -3.70. The number of rotatable bonds is 9. The number of nitrogens with two attached hydrogens (primary N) is 1. The fraction of sp³-hybridized carbons (Fsp3) is 0.389. The molecule has 0 bridgehead atoms. The third-order valence-corrected chi connectivity index (χ3v) is 5.08. The van der Waals surface area contributed by atoms with Crippen LogP contribution in [0.4, 0.5) is 0 Å². The zero-order valence-corrected chi connectivity index (χ0v) is 18.3. The monoisotopic (exact) mass is 467 g/mol. The van der Waals surface area contributed by atoms with E-state index >= 15 is 0 Å². The maximum absolute atomic E-state index is 12.2. The molecule has 1 aliphatic rings. The van der Waals surface area contributed by atoms with Crippen molar-refractivity contribution in [3.63, 3.8) is 0 Å². The van der Waals surface area contributed by atoms with E-state index in [0.717, 1.165) is 6.26 Å². The first-order valence-electron chi connectivity index (χ1n) is 9.22. The molecular formula is C18H21N5O8S. The lowest BCUT2D eigenvalue weighted by atomic mass is 10.2. The lowest BCUT2D eigenvalue weighted by molar-refractivity contribution is -0.419. The molecule has 0 amide bonds. The van der Waals surface area contributed by atoms with Gasteiger partial charge in [-0.3, -0.25) is 14.9 Å². The molecule has 1 aromatic rings. The smallest absolute Gasteiger partial charge is 0.352 e. The highest BCUT2D eigenvalue weighted by Crippen LogP contribution is 2.33. The van der Waals surface area contributed by atoms with Crippen molar-refractivity contribution in [3.05, 3.63) is 45.5 Å². The first-order valence-corrected chi connectivity index (χ1v) is 11.2. The molecule has 2 N–H and O–H groups in total. The van der Waals surface area contributed by atoms with Crippen molar-refractivity contribution in [2.45, 2.75) is 25.8 Å². The van der Waals surface area contributed by atoms with Gasteiger partial charge >= 0.3 is 11.7 Å². The standard InChI is InChI=1S/C18H21N5O8S/c1-4-29-13-7-6-11(10-19)8-14(13)31-17-16(23(25)26)12(9-15(24)30-5-2)21-18(22(17)20)32(3,27)28/h6-8,18H,4-5,9,20H2,1-3H3. The van der Waals surface area contributed by atoms with Crippen LogP contribution in [0.3, 0.4) is 0 Å². The van der Waals surface area contributed by atoms with E-state index in [2.05, 4.69) is 4.99 Å². The summed E-state index contributed by atoms with van der Waals surface area (Å²) in [4.78, 5) is 26.7. The second kappa shape index (κ2) is 10.1. The molecule has 0 aliphatic carbocycles. The molecule has 2 rings (SSSR count). The van der Waals surface area contributed by atoms with E-state index in [1.807, 2.05) is 6.07 Å². The van der Waals surface area contributed by atoms with Crippen LogP contribution in [0.15, 0.2) is 34.8 Å². The number of nitriles is 1. The third-order valence-electron chi connectivity index (χ3n) is 3.98. The van der Waals surface area contributed by atoms with E-state index < -0.39 is 49.9 Å². The van der Waals surface area contributed by atoms with Crippen LogP contribution >= 0.6 is 0 Å². The number of carbonyl (C=O) groups is 1. The normalized spacial score (nSPS) is 16.2. The van der Waals surface area contributed by atoms with Gasteiger partial charge < -0.3 is 14.2 Å². The molecule has 1 heterocycles. The SMILES string of the molecule is CCOC(=O)CC1=NC(S(C)(=O)=O)N(N)C(Oc2cc(C#N)ccc2OCC)=C1[N+](=O)[O-]. The molecule has 13 nitrogen and oxygen atoms in total. The van der Waals surface area contributed by atoms with Gasteiger partial charge in [0.15, 0.2) is 21.3 Å². The second-order valence-electron chi connectivity index (χ2n) is 6.34. The van der Waals surface area contributed by atoms with Gasteiger partial charge in [0.2, 0.25) is 5.50 Å². The number of sulfone groups is 1. The van der Waals surface area contributed by atoms with Gasteiger partial charge in [-0.25, -0.2) is 24.3 Å². The highest BCUT2D eigenvalue weighted by Gasteiger charge is 2.43. The minimum atomic E-state index is -4.02. The molecule has 0 aromatic heterocycles. The summed E-state index contributed by atoms with van der Waals surface area (Å²) in [5.41, 5.74) is -2.98. The van der Waals surface area contributed by atoms with Crippen LogP contribution in [0.2, 0.25) is 0 Å². The maximum atomic E-state index is 12.2. The molecule has 1 aliphatic heterocycles. The van der Waals surface area contributed by atoms with Crippen molar-refractivity contribution in [2.24, 2.45) is 10.8 Å². The molecule has 0 saturated carbocycles. The van der Waals surface area contributed by atoms with Crippen molar-refractivity contribution >= 4 is 21.5 Å². The number of nitro groups is 1. The largest absolute Gasteiger partial charge is 0.490 e. The Morgan fingerprint density at radius 3 is 2.56 bits per heavy atom. The summed E-state index contributed by atoms with van der Waals surface area (Å²) in [6, 6.07) is 5.99. The Kier molecular flexibility index (Phi) is 7.73. The quantitative estimate of drug-likeness (QED) is 0.233. The Morgan fingerprint density at radius 1 is 1.34 bits per heavy atom. The summed E-state index contributed by atoms with van der Waals surface area (Å²) < 4.78 is 40.3. The summed E-state index contributed by atoms with van der Waals surface area (Å²) in [6.45, 7) is 3.43. The predicted molar refractivity (Wildman–Crippen MR) is 110 cm³/mol. The molecule has 0 spiro atoms. The number of benzene rings is 1. The highest BCUT2D eigenvalue weighted by atomic mass is 32.2. The molecule has 1 aromatic carbocycles. The van der Waals surface area contributed by atoms with Gasteiger partial charge in [-0.1, -0.05) is 0 Å². The minimum Gasteiger partial charge on any atom is -0.490 e. The lowest BCUT2D eigenvalue weighted by Gasteiger charge is -2.30. The lowest BCUT2D eigenvalue weighted by Crippen LogP contribution is -2.50. The van der Waals surface area contributed by atoms with Crippen LogP contribution < -0.4 is 15.3 Å². The van der Waals surface area contributed by atoms with E-state index in [-0.39, 0.29) is 30.3 Å². The molecule has 0 radical (unpaired) electrons. The fourth-order valence-electron chi connectivity index (χ4n) is 2.70. The van der Waals surface area contributed by atoms with Crippen molar-refractivity contribution in [1.29, 1.82) is 5.26 Å². The number of esters is 1. The predicted octanol–water partition coefficient (Wildman–Crippen LogP) is 0.693. The molecular weight excluding hydrogens is 446 g/mol. The molecule has 172 valence electrons. The Labute approximate surface area is 183 Å². The minimum absolute atomic E-state index is 0.00414. The van der Waals surface area contributed by atoms with Crippen LogP contribution in [0.1, 0.15) is 25.8 Å². The number of aliphatic imine (C=N–C) groups is 1. The number of hydrazine groups is 1. The first-order chi connectivity index (χ1) is 15.0. The van der Waals surface area contributed by atoms with Crippen molar-refractivity contribution < 1.29 is 32.3 Å². The number of hydrogen-bond donors (Lipinski definition) is 1. The topological polar surface area (TPSA) is 187 Å². The van der Waals surface area contributed by atoms with Crippen molar-refractivity contribution in [1.82, 2.24) is 5.01 Å². The number of carbonyl (C=O) groups excluding carboxylic acids is 1. The van der Waals surface area contributed by atoms with Crippen molar-refractivity contribution in [3.8, 4) is 17.6 Å². The Balaban J connectivity index is 2.69. The van der Waals surface area contributed by atoms with Crippen molar-refractivity contribution in [2.75, 3.05) is 19.5 Å². The third kappa shape index (κ3) is 5.50. The molecule has 0 fully saturated rings. The average Bonchev–Trinajstić information content (AvgIpc) is 2.70. The number of ether oxygens (including phenoxy) is 3. The highest BCUT2D eigenvalue weighted by molar-refractivity contribution is 7.91. The first kappa shape index (κ1) is 24.6. The van der Waals surface area contributed by atoms with E-state index in [4.69, 9.17) is 25.3 Å². The average molecular weight is 467 g/mol. The van der Waals surface area contributed by atoms with E-state index in [1.54, 1.807) is 6.92 Å².